The molecule has 6 aromatic carbocycles. The van der Waals surface area contributed by atoms with Gasteiger partial charge < -0.3 is 48.6 Å². The third-order valence-corrected chi connectivity index (χ3v) is 14.1. The summed E-state index contributed by atoms with van der Waals surface area (Å²) in [7, 11) is 3.28. The van der Waals surface area contributed by atoms with Gasteiger partial charge in [-0.25, -0.2) is 9.59 Å². The fourth-order valence-corrected chi connectivity index (χ4v) is 10.0. The van der Waals surface area contributed by atoms with E-state index in [2.05, 4.69) is 19.8 Å². The van der Waals surface area contributed by atoms with E-state index in [1.54, 1.807) is 14.2 Å². The number of ether oxygens (including phenoxy) is 6. The fraction of sp³-hybridized carbons (Fsp3) is 0.321. The highest BCUT2D eigenvalue weighted by Gasteiger charge is 2.38. The van der Waals surface area contributed by atoms with Gasteiger partial charge in [-0.3, -0.25) is 9.80 Å². The van der Waals surface area contributed by atoms with Crippen molar-refractivity contribution < 1.29 is 48.2 Å². The van der Waals surface area contributed by atoms with Crippen LogP contribution in [0.5, 0.6) is 23.0 Å². The molecule has 0 spiro atoms. The molecule has 70 heavy (non-hydrogen) atoms. The fourth-order valence-electron chi connectivity index (χ4n) is 10.0. The van der Waals surface area contributed by atoms with Gasteiger partial charge in [0.1, 0.15) is 48.4 Å². The van der Waals surface area contributed by atoms with E-state index in [9.17, 15) is 19.8 Å². The normalized spacial score (nSPS) is 17.0. The molecule has 14 nitrogen and oxygen atoms in total. The van der Waals surface area contributed by atoms with Gasteiger partial charge in [-0.15, -0.1) is 0 Å². The lowest BCUT2D eigenvalue weighted by Crippen LogP contribution is -2.48. The molecule has 2 aliphatic heterocycles. The van der Waals surface area contributed by atoms with Crippen LogP contribution in [0.3, 0.4) is 0 Å². The van der Waals surface area contributed by atoms with Gasteiger partial charge in [-0.05, 0) is 131 Å². The SMILES string of the molecule is COc1ccc2cc(C3(O)CCN(C[C@@H](COc4cccc5[nH]ccc45)OC(=O)C(=O)O[C@H](COc4cccc5[nH]ccc45)CN4CCC(O)(c5ccc6cc(OC)ccc6c5)CC4)CC3)ccc2c1. The molecule has 0 aliphatic carbocycles. The largest absolute Gasteiger partial charge is 0.497 e. The number of hydrogen-bond donors (Lipinski definition) is 4. The molecule has 2 aromatic heterocycles. The Morgan fingerprint density at radius 1 is 0.543 bits per heavy atom. The highest BCUT2D eigenvalue weighted by molar-refractivity contribution is 6.29. The maximum Gasteiger partial charge on any atom is 0.417 e. The van der Waals surface area contributed by atoms with Crippen LogP contribution in [0, 0.1) is 0 Å². The molecular formula is C56H58N4O10. The second-order valence-electron chi connectivity index (χ2n) is 18.6. The molecule has 8 aromatic rings. The number of esters is 2. The molecule has 10 rings (SSSR count). The zero-order valence-electron chi connectivity index (χ0n) is 39.4. The van der Waals surface area contributed by atoms with Crippen molar-refractivity contribution in [3.63, 3.8) is 0 Å². The number of aromatic nitrogens is 2. The summed E-state index contributed by atoms with van der Waals surface area (Å²) < 4.78 is 35.4. The second kappa shape index (κ2) is 20.1. The standard InChI is InChI=1S/C56H58N4O10/c1-65-43-15-11-37-29-41(13-9-39(37)31-43)55(63)19-25-59(26-20-55)33-45(35-67-51-7-3-5-49-47(51)17-23-57-49)69-53(61)54(62)70-46(36-68-52-8-4-6-50-48(52)18-24-58-50)34-60-27-21-56(64,22-28-60)42-14-10-40-32-44(66-2)16-12-38(40)30-42/h3-18,23-24,29-32,45-46,57-58,63-64H,19-22,25-28,33-36H2,1-2H3/t45-,46-/m0/s1. The van der Waals surface area contributed by atoms with Gasteiger partial charge in [-0.1, -0.05) is 48.5 Å². The Morgan fingerprint density at radius 2 is 0.943 bits per heavy atom. The molecule has 0 bridgehead atoms. The summed E-state index contributed by atoms with van der Waals surface area (Å²) in [6.45, 7) is 2.49. The maximum absolute atomic E-state index is 13.9. The van der Waals surface area contributed by atoms with E-state index in [-0.39, 0.29) is 26.3 Å². The van der Waals surface area contributed by atoms with E-state index in [1.165, 1.54) is 0 Å². The van der Waals surface area contributed by atoms with Crippen molar-refractivity contribution in [2.24, 2.45) is 0 Å². The molecule has 0 radical (unpaired) electrons. The second-order valence-corrected chi connectivity index (χ2v) is 18.6. The topological polar surface area (TPSA) is 168 Å². The number of nitrogens with zero attached hydrogens (tertiary/aromatic N) is 2. The molecule has 0 unspecified atom stereocenters. The third-order valence-electron chi connectivity index (χ3n) is 14.1. The molecule has 0 saturated carbocycles. The molecule has 4 N–H and O–H groups in total. The zero-order valence-corrected chi connectivity index (χ0v) is 39.4. The van der Waals surface area contributed by atoms with Crippen LogP contribution in [-0.2, 0) is 30.3 Å². The smallest absolute Gasteiger partial charge is 0.417 e. The van der Waals surface area contributed by atoms with E-state index in [0.717, 1.165) is 66.0 Å². The summed E-state index contributed by atoms with van der Waals surface area (Å²) >= 11 is 0. The molecule has 362 valence electrons. The van der Waals surface area contributed by atoms with Crippen LogP contribution in [-0.4, -0.2) is 121 Å². The Morgan fingerprint density at radius 3 is 1.36 bits per heavy atom. The summed E-state index contributed by atoms with van der Waals surface area (Å²) in [5.41, 5.74) is 1.37. The van der Waals surface area contributed by atoms with Gasteiger partial charge in [0.2, 0.25) is 0 Å². The van der Waals surface area contributed by atoms with E-state index in [4.69, 9.17) is 28.4 Å². The molecule has 0 amide bonds. The number of carbonyl (C=O) groups is 2. The summed E-state index contributed by atoms with van der Waals surface area (Å²) in [4.78, 5) is 38.4. The Bertz CT molecular complexity index is 2920. The van der Waals surface area contributed by atoms with Crippen LogP contribution in [0.2, 0.25) is 0 Å². The lowest BCUT2D eigenvalue weighted by molar-refractivity contribution is -0.177. The number of hydrogen-bond acceptors (Lipinski definition) is 12. The van der Waals surface area contributed by atoms with Gasteiger partial charge in [0.15, 0.2) is 0 Å². The number of aliphatic hydroxyl groups is 2. The minimum absolute atomic E-state index is 0.0342. The summed E-state index contributed by atoms with van der Waals surface area (Å²) in [6.07, 6.45) is 3.73. The van der Waals surface area contributed by atoms with Gasteiger partial charge in [0.05, 0.1) is 25.4 Å². The lowest BCUT2D eigenvalue weighted by Gasteiger charge is -2.39. The quantitative estimate of drug-likeness (QED) is 0.0542. The van der Waals surface area contributed by atoms with Gasteiger partial charge in [0.25, 0.3) is 0 Å². The van der Waals surface area contributed by atoms with Crippen molar-refractivity contribution in [1.82, 2.24) is 19.8 Å². The van der Waals surface area contributed by atoms with E-state index < -0.39 is 35.3 Å². The van der Waals surface area contributed by atoms with Crippen molar-refractivity contribution in [1.29, 1.82) is 0 Å². The van der Waals surface area contributed by atoms with Crippen LogP contribution in [0.15, 0.2) is 134 Å². The van der Waals surface area contributed by atoms with Crippen LogP contribution < -0.4 is 18.9 Å². The van der Waals surface area contributed by atoms with Crippen molar-refractivity contribution in [2.45, 2.75) is 49.1 Å². The number of piperidine rings is 2. The Labute approximate surface area is 405 Å². The Balaban J connectivity index is 0.820. The highest BCUT2D eigenvalue weighted by Crippen LogP contribution is 2.37. The van der Waals surface area contributed by atoms with Crippen molar-refractivity contribution in [3.8, 4) is 23.0 Å². The number of fused-ring (bicyclic) bond motifs is 4. The predicted molar refractivity (Wildman–Crippen MR) is 267 cm³/mol. The third kappa shape index (κ3) is 10.1. The van der Waals surface area contributed by atoms with Crippen molar-refractivity contribution >= 4 is 55.3 Å². The number of methoxy groups -OCH3 is 2. The molecule has 2 saturated heterocycles. The summed E-state index contributed by atoms with van der Waals surface area (Å²) in [6, 6.07) is 39.0. The van der Waals surface area contributed by atoms with Crippen LogP contribution in [0.25, 0.3) is 43.4 Å². The monoisotopic (exact) mass is 946 g/mol. The van der Waals surface area contributed by atoms with Crippen molar-refractivity contribution in [3.05, 3.63) is 145 Å². The number of aromatic amines is 2. The predicted octanol–water partition coefficient (Wildman–Crippen LogP) is 8.22. The lowest BCUT2D eigenvalue weighted by atomic mass is 9.83. The van der Waals surface area contributed by atoms with E-state index in [1.807, 2.05) is 134 Å². The number of likely N-dealkylation sites (tertiary alicyclic amines) is 2. The van der Waals surface area contributed by atoms with Gasteiger partial charge in [0, 0.05) is 73.5 Å². The minimum atomic E-state index is -1.14. The van der Waals surface area contributed by atoms with Crippen LogP contribution in [0.1, 0.15) is 36.8 Å². The minimum Gasteiger partial charge on any atom is -0.497 e. The van der Waals surface area contributed by atoms with Gasteiger partial charge in [-0.2, -0.15) is 0 Å². The Hall–Kier alpha value is -7.10. The first-order valence-electron chi connectivity index (χ1n) is 23.9. The van der Waals surface area contributed by atoms with E-state index in [0.29, 0.717) is 63.4 Å². The molecular weight excluding hydrogens is 889 g/mol. The van der Waals surface area contributed by atoms with Gasteiger partial charge >= 0.3 is 11.9 Å². The molecule has 4 heterocycles. The van der Waals surface area contributed by atoms with Crippen molar-refractivity contribution in [2.75, 3.05) is 66.7 Å². The van der Waals surface area contributed by atoms with Crippen LogP contribution in [0.4, 0.5) is 0 Å². The molecule has 14 heteroatoms. The number of rotatable bonds is 16. The summed E-state index contributed by atoms with van der Waals surface area (Å²) in [5.74, 6) is 0.465. The molecule has 2 atom stereocenters. The first-order chi connectivity index (χ1) is 34.0. The average Bonchev–Trinajstić information content (AvgIpc) is 4.09. The molecule has 2 fully saturated rings. The molecule has 2 aliphatic rings. The highest BCUT2D eigenvalue weighted by atomic mass is 16.6. The van der Waals surface area contributed by atoms with Crippen LogP contribution >= 0.6 is 0 Å². The maximum atomic E-state index is 13.9. The summed E-state index contributed by atoms with van der Waals surface area (Å²) in [5, 5.41) is 29.7. The first-order valence-corrected chi connectivity index (χ1v) is 23.9. The number of carbonyl (C=O) groups excluding carboxylic acids is 2. The average molecular weight is 947 g/mol. The zero-order chi connectivity index (χ0) is 48.2. The van der Waals surface area contributed by atoms with E-state index >= 15 is 0 Å². The first kappa shape index (κ1) is 46.6. The number of nitrogens with one attached hydrogen (secondary N) is 2. The number of benzene rings is 6. The number of H-pyrrole nitrogens is 2. The Kier molecular flexibility index (Phi) is 13.4.